The summed E-state index contributed by atoms with van der Waals surface area (Å²) in [6.45, 7) is 9.96. The molecule has 1 N–H and O–H groups in total. The summed E-state index contributed by atoms with van der Waals surface area (Å²) in [4.78, 5) is 2.56. The van der Waals surface area contributed by atoms with Crippen LogP contribution in [-0.2, 0) is 13.1 Å². The summed E-state index contributed by atoms with van der Waals surface area (Å²) in [5.74, 6) is 1.95. The largest absolute Gasteiger partial charge is 0.468 e. The molecule has 1 saturated heterocycles. The predicted octanol–water partition coefficient (Wildman–Crippen LogP) is 3.01. The number of rotatable bonds is 6. The Morgan fingerprint density at radius 2 is 2.39 bits per heavy atom. The van der Waals surface area contributed by atoms with Gasteiger partial charge in [-0.2, -0.15) is 0 Å². The van der Waals surface area contributed by atoms with Crippen molar-refractivity contribution in [1.82, 2.24) is 10.2 Å². The van der Waals surface area contributed by atoms with E-state index in [2.05, 4.69) is 30.1 Å². The lowest BCUT2D eigenvalue weighted by Crippen LogP contribution is -2.34. The van der Waals surface area contributed by atoms with E-state index in [-0.39, 0.29) is 0 Å². The van der Waals surface area contributed by atoms with Gasteiger partial charge in [0.25, 0.3) is 0 Å². The van der Waals surface area contributed by atoms with Gasteiger partial charge in [-0.1, -0.05) is 13.8 Å². The van der Waals surface area contributed by atoms with E-state index in [4.69, 9.17) is 4.42 Å². The molecule has 0 bridgehead atoms. The van der Waals surface area contributed by atoms with Crippen LogP contribution < -0.4 is 5.32 Å². The van der Waals surface area contributed by atoms with Crippen molar-refractivity contribution in [3.05, 3.63) is 23.7 Å². The summed E-state index contributed by atoms with van der Waals surface area (Å²) in [6.07, 6.45) is 5.71. The highest BCUT2D eigenvalue weighted by Gasteiger charge is 2.18. The maximum atomic E-state index is 5.59. The first-order valence-electron chi connectivity index (χ1n) is 7.28. The molecule has 1 aliphatic heterocycles. The summed E-state index contributed by atoms with van der Waals surface area (Å²) in [6, 6.07) is 2.13. The minimum absolute atomic E-state index is 0.840. The van der Waals surface area contributed by atoms with Crippen molar-refractivity contribution in [3.63, 3.8) is 0 Å². The number of nitrogens with one attached hydrogen (secondary N) is 1. The highest BCUT2D eigenvalue weighted by atomic mass is 16.3. The van der Waals surface area contributed by atoms with Crippen molar-refractivity contribution in [3.8, 4) is 0 Å². The quantitative estimate of drug-likeness (QED) is 0.787. The van der Waals surface area contributed by atoms with E-state index in [0.717, 1.165) is 31.3 Å². The summed E-state index contributed by atoms with van der Waals surface area (Å²) in [5, 5.41) is 3.41. The molecule has 1 aliphatic rings. The Hall–Kier alpha value is -0.800. The zero-order valence-corrected chi connectivity index (χ0v) is 11.7. The van der Waals surface area contributed by atoms with Crippen LogP contribution in [0.1, 0.15) is 44.4 Å². The highest BCUT2D eigenvalue weighted by molar-refractivity contribution is 5.17. The van der Waals surface area contributed by atoms with E-state index in [9.17, 15) is 0 Å². The molecule has 1 unspecified atom stereocenters. The molecule has 102 valence electrons. The van der Waals surface area contributed by atoms with Gasteiger partial charge in [-0.05, 0) is 44.3 Å². The number of piperidine rings is 1. The molecule has 0 aliphatic carbocycles. The lowest BCUT2D eigenvalue weighted by atomic mass is 10.00. The smallest absolute Gasteiger partial charge is 0.122 e. The van der Waals surface area contributed by atoms with Crippen molar-refractivity contribution in [2.24, 2.45) is 5.92 Å². The van der Waals surface area contributed by atoms with E-state index < -0.39 is 0 Å². The van der Waals surface area contributed by atoms with Gasteiger partial charge in [0, 0.05) is 18.7 Å². The second-order valence-electron chi connectivity index (χ2n) is 5.53. The number of likely N-dealkylation sites (tertiary alicyclic amines) is 1. The van der Waals surface area contributed by atoms with Gasteiger partial charge in [-0.15, -0.1) is 0 Å². The second kappa shape index (κ2) is 6.95. The van der Waals surface area contributed by atoms with Gasteiger partial charge in [0.1, 0.15) is 5.76 Å². The van der Waals surface area contributed by atoms with E-state index >= 15 is 0 Å². The van der Waals surface area contributed by atoms with Crippen molar-refractivity contribution >= 4 is 0 Å². The first-order valence-corrected chi connectivity index (χ1v) is 7.28. The summed E-state index contributed by atoms with van der Waals surface area (Å²) in [5.41, 5.74) is 1.35. The molecule has 3 nitrogen and oxygen atoms in total. The van der Waals surface area contributed by atoms with Crippen molar-refractivity contribution in [1.29, 1.82) is 0 Å². The van der Waals surface area contributed by atoms with Gasteiger partial charge in [-0.3, -0.25) is 4.90 Å². The molecule has 1 fully saturated rings. The first-order chi connectivity index (χ1) is 8.79. The Kier molecular flexibility index (Phi) is 5.26. The minimum Gasteiger partial charge on any atom is -0.468 e. The fourth-order valence-electron chi connectivity index (χ4n) is 2.71. The van der Waals surface area contributed by atoms with Crippen LogP contribution in [0.3, 0.4) is 0 Å². The van der Waals surface area contributed by atoms with Crippen LogP contribution in [0, 0.1) is 5.92 Å². The minimum atomic E-state index is 0.840. The molecule has 0 spiro atoms. The van der Waals surface area contributed by atoms with Crippen LogP contribution in [0.2, 0.25) is 0 Å². The summed E-state index contributed by atoms with van der Waals surface area (Å²) < 4.78 is 5.59. The van der Waals surface area contributed by atoms with Crippen LogP contribution >= 0.6 is 0 Å². The van der Waals surface area contributed by atoms with E-state index in [1.165, 1.54) is 37.9 Å². The van der Waals surface area contributed by atoms with Crippen LogP contribution in [0.5, 0.6) is 0 Å². The standard InChI is InChI=1S/C15H26N2O/c1-3-7-16-10-15-14(6-9-18-15)12-17-8-4-5-13(2)11-17/h6,9,13,16H,3-5,7-8,10-12H2,1-2H3. The van der Waals surface area contributed by atoms with Gasteiger partial charge < -0.3 is 9.73 Å². The monoisotopic (exact) mass is 250 g/mol. The maximum absolute atomic E-state index is 5.59. The Bertz CT molecular complexity index is 348. The molecular formula is C15H26N2O. The molecule has 2 heterocycles. The van der Waals surface area contributed by atoms with Crippen molar-refractivity contribution in [2.45, 2.75) is 46.2 Å². The fourth-order valence-corrected chi connectivity index (χ4v) is 2.71. The van der Waals surface area contributed by atoms with Crippen LogP contribution in [0.25, 0.3) is 0 Å². The SMILES string of the molecule is CCCNCc1occc1CN1CCCC(C)C1. The molecule has 1 atom stereocenters. The lowest BCUT2D eigenvalue weighted by molar-refractivity contribution is 0.175. The Morgan fingerprint density at radius 3 is 3.17 bits per heavy atom. The van der Waals surface area contributed by atoms with Gasteiger partial charge >= 0.3 is 0 Å². The van der Waals surface area contributed by atoms with Crippen molar-refractivity contribution in [2.75, 3.05) is 19.6 Å². The molecule has 0 saturated carbocycles. The maximum Gasteiger partial charge on any atom is 0.122 e. The van der Waals surface area contributed by atoms with Gasteiger partial charge in [0.2, 0.25) is 0 Å². The number of hydrogen-bond donors (Lipinski definition) is 1. The zero-order chi connectivity index (χ0) is 12.8. The third kappa shape index (κ3) is 3.85. The molecule has 1 aromatic heterocycles. The molecule has 0 aromatic carbocycles. The topological polar surface area (TPSA) is 28.4 Å². The number of furan rings is 1. The molecule has 1 aromatic rings. The molecule has 0 amide bonds. The average molecular weight is 250 g/mol. The average Bonchev–Trinajstić information content (AvgIpc) is 2.77. The van der Waals surface area contributed by atoms with Crippen LogP contribution in [0.15, 0.2) is 16.7 Å². The van der Waals surface area contributed by atoms with Gasteiger partial charge in [-0.25, -0.2) is 0 Å². The van der Waals surface area contributed by atoms with Crippen molar-refractivity contribution < 1.29 is 4.42 Å². The summed E-state index contributed by atoms with van der Waals surface area (Å²) >= 11 is 0. The third-order valence-electron chi connectivity index (χ3n) is 3.69. The second-order valence-corrected chi connectivity index (χ2v) is 5.53. The number of hydrogen-bond acceptors (Lipinski definition) is 3. The van der Waals surface area contributed by atoms with E-state index in [1.54, 1.807) is 0 Å². The molecule has 0 radical (unpaired) electrons. The molecule has 18 heavy (non-hydrogen) atoms. The van der Waals surface area contributed by atoms with Crippen LogP contribution in [0.4, 0.5) is 0 Å². The Labute approximate surface area is 111 Å². The normalized spacial score (nSPS) is 21.3. The Balaban J connectivity index is 1.86. The lowest BCUT2D eigenvalue weighted by Gasteiger charge is -2.30. The zero-order valence-electron chi connectivity index (χ0n) is 11.7. The fraction of sp³-hybridized carbons (Fsp3) is 0.733. The molecule has 3 heteroatoms. The third-order valence-corrected chi connectivity index (χ3v) is 3.69. The van der Waals surface area contributed by atoms with E-state index in [1.807, 2.05) is 6.26 Å². The van der Waals surface area contributed by atoms with Gasteiger partial charge in [0.15, 0.2) is 0 Å². The van der Waals surface area contributed by atoms with Crippen LogP contribution in [-0.4, -0.2) is 24.5 Å². The first kappa shape index (κ1) is 13.6. The highest BCUT2D eigenvalue weighted by Crippen LogP contribution is 2.20. The predicted molar refractivity (Wildman–Crippen MR) is 74.4 cm³/mol. The number of nitrogens with zero attached hydrogens (tertiary/aromatic N) is 1. The Morgan fingerprint density at radius 1 is 1.50 bits per heavy atom. The molecular weight excluding hydrogens is 224 g/mol. The van der Waals surface area contributed by atoms with E-state index in [0.29, 0.717) is 0 Å². The summed E-state index contributed by atoms with van der Waals surface area (Å²) in [7, 11) is 0. The van der Waals surface area contributed by atoms with Gasteiger partial charge in [0.05, 0.1) is 12.8 Å². The molecule has 2 rings (SSSR count).